The molecular formula is C44H93N3O3. The Hall–Kier alpha value is -0.880. The van der Waals surface area contributed by atoms with Crippen LogP contribution in [-0.2, 0) is 0 Å². The number of quaternary nitrogens is 1. The molecule has 0 atom stereocenters. The van der Waals surface area contributed by atoms with Crippen LogP contribution in [0, 0.1) is 15.0 Å². The lowest BCUT2D eigenvalue weighted by molar-refractivity contribution is -0.589. The zero-order valence-electron chi connectivity index (χ0n) is 34.7. The molecule has 0 fully saturated rings. The van der Waals surface area contributed by atoms with Crippen molar-refractivity contribution in [3.63, 3.8) is 0 Å². The van der Waals surface area contributed by atoms with Gasteiger partial charge in [0.15, 0.2) is 0 Å². The first kappa shape index (κ1) is 53.5. The van der Waals surface area contributed by atoms with Crippen molar-refractivity contribution < 1.29 is 5.48 Å². The Kier molecular flexibility index (Phi) is 61.5. The Morgan fingerprint density at radius 1 is 0.300 bits per heavy atom. The normalized spacial score (nSPS) is 10.7. The van der Waals surface area contributed by atoms with Gasteiger partial charge in [-0.15, -0.1) is 0 Å². The van der Waals surface area contributed by atoms with Crippen LogP contribution in [0.25, 0.3) is 0 Å². The molecule has 302 valence electrons. The number of rotatable bonds is 41. The fourth-order valence-corrected chi connectivity index (χ4v) is 6.46. The molecule has 0 spiro atoms. The lowest BCUT2D eigenvalue weighted by atomic mass is 10.0. The number of hydroxylamine groups is 1. The van der Waals surface area contributed by atoms with Crippen molar-refractivity contribution in [3.05, 3.63) is 15.0 Å². The van der Waals surface area contributed by atoms with E-state index in [9.17, 15) is 15.0 Å². The summed E-state index contributed by atoms with van der Waals surface area (Å²) in [4.78, 5) is 19.6. The van der Waals surface area contributed by atoms with Crippen molar-refractivity contribution in [3.8, 4) is 0 Å². The van der Waals surface area contributed by atoms with Crippen molar-refractivity contribution in [2.75, 3.05) is 19.6 Å². The summed E-state index contributed by atoms with van der Waals surface area (Å²) in [7, 11) is 0. The first-order valence-corrected chi connectivity index (χ1v) is 22.8. The van der Waals surface area contributed by atoms with E-state index >= 15 is 0 Å². The van der Waals surface area contributed by atoms with E-state index in [2.05, 4.69) is 31.1 Å². The SMILES string of the molecule is CCCCCCCCCCCCCCCCCC[NH2+][O-].CCCCCCCCCCCCCCN=O.CCCCCCCCCCCCN=O. The molecule has 0 amide bonds. The highest BCUT2D eigenvalue weighted by Crippen LogP contribution is 2.14. The van der Waals surface area contributed by atoms with Crippen LogP contribution in [0.15, 0.2) is 10.4 Å². The topological polar surface area (TPSA) is 98.5 Å². The van der Waals surface area contributed by atoms with Crippen LogP contribution in [0.1, 0.15) is 265 Å². The lowest BCUT2D eigenvalue weighted by Crippen LogP contribution is -2.77. The quantitative estimate of drug-likeness (QED) is 0.0388. The molecule has 0 aliphatic heterocycles. The Morgan fingerprint density at radius 2 is 0.480 bits per heavy atom. The van der Waals surface area contributed by atoms with Crippen LogP contribution in [-0.4, -0.2) is 19.6 Å². The third kappa shape index (κ3) is 62.3. The van der Waals surface area contributed by atoms with Gasteiger partial charge in [-0.05, 0) is 25.7 Å². The first-order chi connectivity index (χ1) is 24.7. The fraction of sp³-hybridized carbons (Fsp3) is 1.00. The molecule has 0 aromatic carbocycles. The molecule has 0 aliphatic carbocycles. The largest absolute Gasteiger partial charge is 0.636 e. The minimum atomic E-state index is 0.510. The summed E-state index contributed by atoms with van der Waals surface area (Å²) < 4.78 is 0. The van der Waals surface area contributed by atoms with Gasteiger partial charge in [0, 0.05) is 0 Å². The van der Waals surface area contributed by atoms with Gasteiger partial charge in [-0.1, -0.05) is 249 Å². The molecule has 0 aromatic rings. The summed E-state index contributed by atoms with van der Waals surface area (Å²) in [6.45, 7) is 8.58. The maximum atomic E-state index is 10.2. The second kappa shape index (κ2) is 57.5. The summed E-state index contributed by atoms with van der Waals surface area (Å²) in [6, 6.07) is 0. The Labute approximate surface area is 314 Å². The van der Waals surface area contributed by atoms with Gasteiger partial charge in [0.1, 0.15) is 0 Å². The van der Waals surface area contributed by atoms with Crippen LogP contribution in [0.2, 0.25) is 0 Å². The summed E-state index contributed by atoms with van der Waals surface area (Å²) in [6.07, 6.45) is 51.4. The third-order valence-corrected chi connectivity index (χ3v) is 9.88. The molecule has 0 radical (unpaired) electrons. The number of unbranched alkanes of at least 4 members (excludes halogenated alkanes) is 35. The zero-order chi connectivity index (χ0) is 37.1. The molecule has 0 saturated carbocycles. The zero-order valence-corrected chi connectivity index (χ0v) is 34.7. The van der Waals surface area contributed by atoms with Crippen LogP contribution in [0.3, 0.4) is 0 Å². The summed E-state index contributed by atoms with van der Waals surface area (Å²) in [5.41, 5.74) is 1.05. The van der Waals surface area contributed by atoms with Crippen molar-refractivity contribution in [2.45, 2.75) is 265 Å². The van der Waals surface area contributed by atoms with Crippen LogP contribution < -0.4 is 5.48 Å². The molecule has 0 saturated heterocycles. The molecule has 6 nitrogen and oxygen atoms in total. The second-order valence-corrected chi connectivity index (χ2v) is 15.0. The van der Waals surface area contributed by atoms with Crippen molar-refractivity contribution in [1.82, 2.24) is 0 Å². The summed E-state index contributed by atoms with van der Waals surface area (Å²) >= 11 is 0. The molecule has 0 unspecified atom stereocenters. The summed E-state index contributed by atoms with van der Waals surface area (Å²) in [5.74, 6) is 0. The standard InChI is InChI=1S/C18H39NO.C14H29NO.C12H25NO/c1-2-3-4-5-6-7-8-9-10-11-12-13-14-15-16-17-18-19-20;1-2-3-4-5-6-7-8-9-10-11-12-13-14-15-16;1-2-3-4-5-6-7-8-9-10-11-12-13-14/h2-19H2,1H3;2-14H2,1H3;2-12H2,1H3. The molecule has 2 N–H and O–H groups in total. The average Bonchev–Trinajstić information content (AvgIpc) is 3.13. The highest BCUT2D eigenvalue weighted by atomic mass is 16.5. The summed E-state index contributed by atoms with van der Waals surface area (Å²) in [5, 5.41) is 15.9. The van der Waals surface area contributed by atoms with E-state index in [0.29, 0.717) is 13.1 Å². The average molecular weight is 712 g/mol. The highest BCUT2D eigenvalue weighted by molar-refractivity contribution is 4.52. The van der Waals surface area contributed by atoms with Crippen molar-refractivity contribution in [2.24, 2.45) is 10.4 Å². The molecular weight excluding hydrogens is 619 g/mol. The van der Waals surface area contributed by atoms with Gasteiger partial charge in [-0.25, -0.2) is 0 Å². The van der Waals surface area contributed by atoms with Gasteiger partial charge in [-0.3, -0.25) is 0 Å². The third-order valence-electron chi connectivity index (χ3n) is 9.88. The van der Waals surface area contributed by atoms with E-state index in [1.54, 1.807) is 0 Å². The highest BCUT2D eigenvalue weighted by Gasteiger charge is 1.96. The molecule has 0 heterocycles. The van der Waals surface area contributed by atoms with E-state index in [4.69, 9.17) is 0 Å². The molecule has 50 heavy (non-hydrogen) atoms. The second-order valence-electron chi connectivity index (χ2n) is 15.0. The maximum Gasteiger partial charge on any atom is 0.0811 e. The van der Waals surface area contributed by atoms with Gasteiger partial charge >= 0.3 is 0 Å². The van der Waals surface area contributed by atoms with Gasteiger partial charge in [0.05, 0.1) is 19.6 Å². The fourth-order valence-electron chi connectivity index (χ4n) is 6.46. The van der Waals surface area contributed by atoms with E-state index in [1.807, 2.05) is 0 Å². The van der Waals surface area contributed by atoms with Crippen LogP contribution in [0.5, 0.6) is 0 Å². The number of nitrogens with two attached hydrogens (primary N) is 1. The van der Waals surface area contributed by atoms with Gasteiger partial charge < -0.3 is 10.7 Å². The Balaban J connectivity index is -0.000000675. The van der Waals surface area contributed by atoms with E-state index in [0.717, 1.165) is 31.3 Å². The minimum Gasteiger partial charge on any atom is -0.636 e. The smallest absolute Gasteiger partial charge is 0.0811 e. The van der Waals surface area contributed by atoms with Crippen molar-refractivity contribution >= 4 is 0 Å². The van der Waals surface area contributed by atoms with Gasteiger partial charge in [0.2, 0.25) is 0 Å². The Morgan fingerprint density at radius 3 is 0.660 bits per heavy atom. The van der Waals surface area contributed by atoms with Gasteiger partial charge in [-0.2, -0.15) is 9.81 Å². The molecule has 6 heteroatoms. The van der Waals surface area contributed by atoms with E-state index in [1.165, 1.54) is 225 Å². The van der Waals surface area contributed by atoms with E-state index in [-0.39, 0.29) is 0 Å². The Bertz CT molecular complexity index is 547. The number of hydrogen-bond acceptors (Lipinski definition) is 5. The molecule has 0 aromatic heterocycles. The molecule has 0 bridgehead atoms. The lowest BCUT2D eigenvalue weighted by Gasteiger charge is -2.04. The first-order valence-electron chi connectivity index (χ1n) is 22.8. The molecule has 0 rings (SSSR count). The van der Waals surface area contributed by atoms with E-state index < -0.39 is 0 Å². The van der Waals surface area contributed by atoms with Crippen molar-refractivity contribution in [1.29, 1.82) is 0 Å². The predicted molar refractivity (Wildman–Crippen MR) is 224 cm³/mol. The van der Waals surface area contributed by atoms with Gasteiger partial charge in [0.25, 0.3) is 0 Å². The number of nitroso groups, excluding NO2 is 2. The predicted octanol–water partition coefficient (Wildman–Crippen LogP) is 15.4. The monoisotopic (exact) mass is 712 g/mol. The minimum absolute atomic E-state index is 0.510. The van der Waals surface area contributed by atoms with Crippen LogP contribution >= 0.6 is 0 Å². The molecule has 0 aliphatic rings. The maximum absolute atomic E-state index is 10.2. The number of nitrogens with zero attached hydrogens (tertiary/aromatic N) is 2. The number of hydrogen-bond donors (Lipinski definition) is 1. The van der Waals surface area contributed by atoms with Crippen LogP contribution in [0.4, 0.5) is 0 Å².